The first-order chi connectivity index (χ1) is 13.6. The zero-order chi connectivity index (χ0) is 20.5. The van der Waals surface area contributed by atoms with Gasteiger partial charge in [0.1, 0.15) is 5.52 Å². The Morgan fingerprint density at radius 3 is 2.11 bits per heavy atom. The second kappa shape index (κ2) is 11.5. The average Bonchev–Trinajstić information content (AvgIpc) is 3.12. The highest BCUT2D eigenvalue weighted by Crippen LogP contribution is 2.31. The number of benzene rings is 1. The quantitative estimate of drug-likeness (QED) is 0.447. The molecule has 0 radical (unpaired) electrons. The number of hydrogen-bond acceptors (Lipinski definition) is 3. The average molecular weight is 387 g/mol. The molecule has 0 bridgehead atoms. The van der Waals surface area contributed by atoms with Gasteiger partial charge in [-0.25, -0.2) is 4.68 Å². The van der Waals surface area contributed by atoms with Crippen LogP contribution in [0.2, 0.25) is 0 Å². The lowest BCUT2D eigenvalue weighted by atomic mass is 9.84. The van der Waals surface area contributed by atoms with E-state index >= 15 is 0 Å². The van der Waals surface area contributed by atoms with Gasteiger partial charge in [-0.1, -0.05) is 84.3 Å². The van der Waals surface area contributed by atoms with Gasteiger partial charge in [-0.15, -0.1) is 5.10 Å². The van der Waals surface area contributed by atoms with Crippen LogP contribution in [0.15, 0.2) is 6.07 Å². The van der Waals surface area contributed by atoms with Crippen LogP contribution in [0, 0.1) is 18.8 Å². The van der Waals surface area contributed by atoms with Crippen molar-refractivity contribution in [1.29, 1.82) is 0 Å². The van der Waals surface area contributed by atoms with Crippen molar-refractivity contribution in [3.05, 3.63) is 22.8 Å². The molecule has 0 saturated carbocycles. The molecule has 2 aromatic rings. The fraction of sp³-hybridized carbons (Fsp3) is 0.750. The summed E-state index contributed by atoms with van der Waals surface area (Å²) in [5, 5.41) is 8.88. The van der Waals surface area contributed by atoms with Gasteiger partial charge in [-0.3, -0.25) is 0 Å². The van der Waals surface area contributed by atoms with Gasteiger partial charge in [0.05, 0.1) is 12.2 Å². The highest BCUT2D eigenvalue weighted by atomic mass is 15.4. The lowest BCUT2D eigenvalue weighted by Gasteiger charge is -2.21. The van der Waals surface area contributed by atoms with Crippen LogP contribution in [0.3, 0.4) is 0 Å². The van der Waals surface area contributed by atoms with Gasteiger partial charge in [0.15, 0.2) is 0 Å². The van der Waals surface area contributed by atoms with Gasteiger partial charge in [-0.05, 0) is 54.4 Å². The van der Waals surface area contributed by atoms with Crippen LogP contribution in [0.5, 0.6) is 0 Å². The van der Waals surface area contributed by atoms with Crippen molar-refractivity contribution in [2.75, 3.05) is 0 Å². The highest BCUT2D eigenvalue weighted by molar-refractivity contribution is 5.81. The summed E-state index contributed by atoms with van der Waals surface area (Å²) in [5.74, 6) is 1.48. The van der Waals surface area contributed by atoms with Crippen molar-refractivity contribution < 1.29 is 0 Å². The van der Waals surface area contributed by atoms with Crippen molar-refractivity contribution in [3.63, 3.8) is 0 Å². The molecule has 1 aromatic heterocycles. The molecular formula is C24H42N4. The number of aromatic nitrogens is 3. The Morgan fingerprint density at radius 2 is 1.57 bits per heavy atom. The maximum absolute atomic E-state index is 5.95. The summed E-state index contributed by atoms with van der Waals surface area (Å²) in [7, 11) is 0. The molecular weight excluding hydrogens is 344 g/mol. The first-order valence-electron chi connectivity index (χ1n) is 11.6. The lowest BCUT2D eigenvalue weighted by molar-refractivity contribution is 0.443. The fourth-order valence-corrected chi connectivity index (χ4v) is 4.41. The van der Waals surface area contributed by atoms with Crippen molar-refractivity contribution in [2.45, 2.75) is 105 Å². The largest absolute Gasteiger partial charge is 0.312 e. The Bertz CT molecular complexity index is 719. The van der Waals surface area contributed by atoms with E-state index in [0.29, 0.717) is 6.67 Å². The summed E-state index contributed by atoms with van der Waals surface area (Å²) in [5.41, 5.74) is 12.5. The van der Waals surface area contributed by atoms with Crippen LogP contribution >= 0.6 is 0 Å². The van der Waals surface area contributed by atoms with Crippen LogP contribution in [0.25, 0.3) is 11.0 Å². The minimum atomic E-state index is 0.387. The van der Waals surface area contributed by atoms with Crippen LogP contribution in [0.4, 0.5) is 0 Å². The summed E-state index contributed by atoms with van der Waals surface area (Å²) < 4.78 is 1.86. The first-order valence-corrected chi connectivity index (χ1v) is 11.6. The molecule has 0 aliphatic heterocycles. The van der Waals surface area contributed by atoms with Crippen LogP contribution in [0.1, 0.15) is 95.8 Å². The Hall–Kier alpha value is -1.42. The molecule has 0 aliphatic carbocycles. The summed E-state index contributed by atoms with van der Waals surface area (Å²) >= 11 is 0. The first kappa shape index (κ1) is 22.9. The van der Waals surface area contributed by atoms with E-state index in [4.69, 9.17) is 5.73 Å². The minimum absolute atomic E-state index is 0.387. The SMILES string of the molecule is CCCCC(CC)Cc1cc2c(nnn2CN)c(CC(CC)CCCC)c1C. The molecule has 4 heteroatoms. The Labute approximate surface area is 172 Å². The van der Waals surface area contributed by atoms with Crippen molar-refractivity contribution in [2.24, 2.45) is 17.6 Å². The van der Waals surface area contributed by atoms with Gasteiger partial charge in [0, 0.05) is 0 Å². The van der Waals surface area contributed by atoms with Crippen LogP contribution in [-0.4, -0.2) is 15.0 Å². The second-order valence-electron chi connectivity index (χ2n) is 8.52. The Kier molecular flexibility index (Phi) is 9.43. The molecule has 1 aromatic carbocycles. The standard InChI is InChI=1S/C24H42N4/c1-6-10-12-19(8-3)14-21-16-23-24(26-27-28(23)17-25)22(18(21)5)15-20(9-4)13-11-7-2/h16,19-20H,6-15,17,25H2,1-5H3. The molecule has 2 rings (SSSR count). The molecule has 4 nitrogen and oxygen atoms in total. The molecule has 0 spiro atoms. The van der Waals surface area contributed by atoms with Crippen molar-refractivity contribution >= 4 is 11.0 Å². The van der Waals surface area contributed by atoms with E-state index in [2.05, 4.69) is 51.0 Å². The number of rotatable bonds is 13. The predicted octanol–water partition coefficient (Wildman–Crippen LogP) is 6.17. The zero-order valence-corrected chi connectivity index (χ0v) is 18.9. The molecule has 1 heterocycles. The zero-order valence-electron chi connectivity index (χ0n) is 18.9. The number of unbranched alkanes of at least 4 members (excludes halogenated alkanes) is 2. The van der Waals surface area contributed by atoms with E-state index in [1.807, 2.05) is 4.68 Å². The lowest BCUT2D eigenvalue weighted by Crippen LogP contribution is -2.11. The fourth-order valence-electron chi connectivity index (χ4n) is 4.41. The Balaban J connectivity index is 2.42. The van der Waals surface area contributed by atoms with E-state index in [0.717, 1.165) is 35.7 Å². The Morgan fingerprint density at radius 1 is 0.964 bits per heavy atom. The number of hydrogen-bond donors (Lipinski definition) is 1. The summed E-state index contributed by atoms with van der Waals surface area (Å²) in [6.45, 7) is 11.9. The van der Waals surface area contributed by atoms with Crippen LogP contribution in [-0.2, 0) is 19.5 Å². The van der Waals surface area contributed by atoms with E-state index in [9.17, 15) is 0 Å². The monoisotopic (exact) mass is 386 g/mol. The topological polar surface area (TPSA) is 56.7 Å². The molecule has 2 atom stereocenters. The molecule has 0 fully saturated rings. The number of fused-ring (bicyclic) bond motifs is 1. The van der Waals surface area contributed by atoms with Gasteiger partial charge in [-0.2, -0.15) is 0 Å². The smallest absolute Gasteiger partial charge is 0.116 e. The minimum Gasteiger partial charge on any atom is -0.312 e. The normalized spacial score (nSPS) is 13.9. The third-order valence-electron chi connectivity index (χ3n) is 6.57. The molecule has 0 saturated heterocycles. The van der Waals surface area contributed by atoms with E-state index in [-0.39, 0.29) is 0 Å². The van der Waals surface area contributed by atoms with E-state index < -0.39 is 0 Å². The maximum atomic E-state index is 5.95. The highest BCUT2D eigenvalue weighted by Gasteiger charge is 2.20. The molecule has 28 heavy (non-hydrogen) atoms. The van der Waals surface area contributed by atoms with E-state index in [1.165, 1.54) is 68.1 Å². The predicted molar refractivity (Wildman–Crippen MR) is 120 cm³/mol. The third kappa shape index (κ3) is 5.56. The van der Waals surface area contributed by atoms with Crippen molar-refractivity contribution in [3.8, 4) is 0 Å². The summed E-state index contributed by atoms with van der Waals surface area (Å²) in [6.07, 6.45) is 12.5. The molecule has 158 valence electrons. The second-order valence-corrected chi connectivity index (χ2v) is 8.52. The van der Waals surface area contributed by atoms with Gasteiger partial charge >= 0.3 is 0 Å². The van der Waals surface area contributed by atoms with Crippen molar-refractivity contribution in [1.82, 2.24) is 15.0 Å². The van der Waals surface area contributed by atoms with Crippen LogP contribution < -0.4 is 5.73 Å². The van der Waals surface area contributed by atoms with Gasteiger partial charge < -0.3 is 5.73 Å². The third-order valence-corrected chi connectivity index (χ3v) is 6.57. The number of nitrogens with two attached hydrogens (primary N) is 1. The number of nitrogens with zero attached hydrogens (tertiary/aromatic N) is 3. The van der Waals surface area contributed by atoms with E-state index in [1.54, 1.807) is 0 Å². The molecule has 2 N–H and O–H groups in total. The molecule has 2 unspecified atom stereocenters. The molecule has 0 aliphatic rings. The maximum Gasteiger partial charge on any atom is 0.116 e. The van der Waals surface area contributed by atoms with Gasteiger partial charge in [0.2, 0.25) is 0 Å². The summed E-state index contributed by atoms with van der Waals surface area (Å²) in [6, 6.07) is 2.32. The summed E-state index contributed by atoms with van der Waals surface area (Å²) in [4.78, 5) is 0. The van der Waals surface area contributed by atoms with Gasteiger partial charge in [0.25, 0.3) is 0 Å². The molecule has 0 amide bonds.